The molecule has 1 fully saturated rings. The lowest BCUT2D eigenvalue weighted by atomic mass is 9.62. The number of ketones is 1. The van der Waals surface area contributed by atoms with Crippen molar-refractivity contribution in [1.29, 1.82) is 0 Å². The van der Waals surface area contributed by atoms with Gasteiger partial charge in [-0.25, -0.2) is 0 Å². The van der Waals surface area contributed by atoms with Crippen LogP contribution >= 0.6 is 0 Å². The fraction of sp³-hybridized carbons (Fsp3) is 0.889. The van der Waals surface area contributed by atoms with Crippen LogP contribution in [0.5, 0.6) is 0 Å². The Morgan fingerprint density at radius 3 is 2.18 bits per heavy atom. The largest absolute Gasteiger partial charge is 0.463 e. The third-order valence-electron chi connectivity index (χ3n) is 5.36. The molecule has 0 aromatic heterocycles. The van der Waals surface area contributed by atoms with Gasteiger partial charge in [0.15, 0.2) is 0 Å². The number of hydrogen-bond acceptors (Lipinski definition) is 4. The zero-order chi connectivity index (χ0) is 17.1. The Hall–Kier alpha value is -0.900. The molecular formula is C18H32O4. The van der Waals surface area contributed by atoms with Crippen LogP contribution in [0.15, 0.2) is 0 Å². The highest BCUT2D eigenvalue weighted by Gasteiger charge is 2.58. The minimum atomic E-state index is -0.459. The van der Waals surface area contributed by atoms with E-state index in [0.717, 1.165) is 6.42 Å². The molecule has 0 saturated heterocycles. The molecule has 128 valence electrons. The summed E-state index contributed by atoms with van der Waals surface area (Å²) in [5, 5.41) is 0. The molecule has 0 heterocycles. The zero-order valence-corrected chi connectivity index (χ0v) is 15.2. The normalized spacial score (nSPS) is 27.4. The molecule has 0 aliphatic heterocycles. The first-order chi connectivity index (χ1) is 10.0. The summed E-state index contributed by atoms with van der Waals surface area (Å²) in [5.41, 5.74) is -0.844. The smallest absolute Gasteiger partial charge is 0.309 e. The van der Waals surface area contributed by atoms with Gasteiger partial charge in [0.25, 0.3) is 0 Å². The van der Waals surface area contributed by atoms with Crippen molar-refractivity contribution in [2.24, 2.45) is 22.7 Å². The Morgan fingerprint density at radius 1 is 1.09 bits per heavy atom. The van der Waals surface area contributed by atoms with Crippen LogP contribution in [0.25, 0.3) is 0 Å². The molecule has 0 radical (unpaired) electrons. The van der Waals surface area contributed by atoms with Gasteiger partial charge in [0.05, 0.1) is 18.6 Å². The molecule has 0 aromatic carbocycles. The van der Waals surface area contributed by atoms with E-state index in [1.807, 2.05) is 48.5 Å². The van der Waals surface area contributed by atoms with Crippen molar-refractivity contribution < 1.29 is 19.1 Å². The minimum absolute atomic E-state index is 0.0153. The second-order valence-electron chi connectivity index (χ2n) is 7.75. The standard InChI is InChI=1S/C18H32O4/c1-12(2)15(19)18(7)9-8-14(17(18,5)6)16(20)22-11-10-21-13(3)4/h12-14H,8-11H2,1-7H3. The second-order valence-corrected chi connectivity index (χ2v) is 7.75. The molecular weight excluding hydrogens is 280 g/mol. The van der Waals surface area contributed by atoms with Crippen molar-refractivity contribution in [3.05, 3.63) is 0 Å². The van der Waals surface area contributed by atoms with Crippen molar-refractivity contribution >= 4 is 11.8 Å². The van der Waals surface area contributed by atoms with Crippen LogP contribution in [0, 0.1) is 22.7 Å². The first-order valence-electron chi connectivity index (χ1n) is 8.36. The predicted molar refractivity (Wildman–Crippen MR) is 86.5 cm³/mol. The number of carbonyl (C=O) groups is 2. The van der Waals surface area contributed by atoms with E-state index < -0.39 is 5.41 Å². The van der Waals surface area contributed by atoms with E-state index in [9.17, 15) is 9.59 Å². The number of carbonyl (C=O) groups excluding carboxylic acids is 2. The van der Waals surface area contributed by atoms with Crippen molar-refractivity contribution in [3.63, 3.8) is 0 Å². The second kappa shape index (κ2) is 7.12. The molecule has 2 atom stereocenters. The van der Waals surface area contributed by atoms with Crippen LogP contribution in [0.4, 0.5) is 0 Å². The average molecular weight is 312 g/mol. The van der Waals surface area contributed by atoms with Crippen LogP contribution in [0.3, 0.4) is 0 Å². The molecule has 1 saturated carbocycles. The molecule has 1 rings (SSSR count). The Morgan fingerprint density at radius 2 is 1.68 bits per heavy atom. The summed E-state index contributed by atoms with van der Waals surface area (Å²) in [4.78, 5) is 25.0. The Balaban J connectivity index is 2.70. The fourth-order valence-electron chi connectivity index (χ4n) is 3.52. The van der Waals surface area contributed by atoms with Crippen molar-refractivity contribution in [2.75, 3.05) is 13.2 Å². The van der Waals surface area contributed by atoms with Crippen LogP contribution in [0.1, 0.15) is 61.3 Å². The monoisotopic (exact) mass is 312 g/mol. The van der Waals surface area contributed by atoms with Gasteiger partial charge in [-0.1, -0.05) is 34.6 Å². The minimum Gasteiger partial charge on any atom is -0.463 e. The highest BCUT2D eigenvalue weighted by Crippen LogP contribution is 2.57. The molecule has 4 nitrogen and oxygen atoms in total. The summed E-state index contributed by atoms with van der Waals surface area (Å²) in [7, 11) is 0. The first-order valence-corrected chi connectivity index (χ1v) is 8.36. The van der Waals surface area contributed by atoms with Crippen LogP contribution in [-0.4, -0.2) is 31.1 Å². The lowest BCUT2D eigenvalue weighted by Crippen LogP contribution is -2.44. The molecule has 0 amide bonds. The molecule has 0 bridgehead atoms. The SMILES string of the molecule is CC(C)OCCOC(=O)C1CCC(C)(C(=O)C(C)C)C1(C)C. The molecule has 0 aromatic rings. The van der Waals surface area contributed by atoms with Gasteiger partial charge in [-0.05, 0) is 32.1 Å². The molecule has 0 spiro atoms. The number of hydrogen-bond donors (Lipinski definition) is 0. The number of esters is 1. The maximum atomic E-state index is 12.6. The molecule has 1 aliphatic carbocycles. The summed E-state index contributed by atoms with van der Waals surface area (Å²) >= 11 is 0. The predicted octanol–water partition coefficient (Wildman–Crippen LogP) is 3.62. The van der Waals surface area contributed by atoms with Gasteiger partial charge < -0.3 is 9.47 Å². The van der Waals surface area contributed by atoms with Gasteiger partial charge in [0, 0.05) is 11.3 Å². The van der Waals surface area contributed by atoms with Crippen LogP contribution in [-0.2, 0) is 19.1 Å². The third-order valence-corrected chi connectivity index (χ3v) is 5.36. The summed E-state index contributed by atoms with van der Waals surface area (Å²) < 4.78 is 10.8. The highest BCUT2D eigenvalue weighted by molar-refractivity contribution is 5.89. The molecule has 22 heavy (non-hydrogen) atoms. The Labute approximate surface area is 134 Å². The first kappa shape index (κ1) is 19.1. The zero-order valence-electron chi connectivity index (χ0n) is 15.2. The van der Waals surface area contributed by atoms with E-state index in [-0.39, 0.29) is 41.7 Å². The maximum absolute atomic E-state index is 12.6. The quantitative estimate of drug-likeness (QED) is 0.532. The van der Waals surface area contributed by atoms with Crippen LogP contribution < -0.4 is 0 Å². The van der Waals surface area contributed by atoms with E-state index in [0.29, 0.717) is 13.0 Å². The van der Waals surface area contributed by atoms with Crippen LogP contribution in [0.2, 0.25) is 0 Å². The highest BCUT2D eigenvalue weighted by atomic mass is 16.6. The third kappa shape index (κ3) is 3.70. The number of ether oxygens (including phenoxy) is 2. The number of Topliss-reactive ketones (excluding diaryl/α,β-unsaturated/α-hetero) is 1. The van der Waals surface area contributed by atoms with Gasteiger partial charge in [-0.3, -0.25) is 9.59 Å². The van der Waals surface area contributed by atoms with E-state index in [1.54, 1.807) is 0 Å². The van der Waals surface area contributed by atoms with E-state index in [4.69, 9.17) is 9.47 Å². The Kier molecular flexibility index (Phi) is 6.19. The van der Waals surface area contributed by atoms with E-state index in [1.165, 1.54) is 0 Å². The maximum Gasteiger partial charge on any atom is 0.309 e. The summed E-state index contributed by atoms with van der Waals surface area (Å²) in [6, 6.07) is 0. The number of rotatable bonds is 7. The van der Waals surface area contributed by atoms with Crippen molar-refractivity contribution in [2.45, 2.75) is 67.4 Å². The molecule has 0 N–H and O–H groups in total. The van der Waals surface area contributed by atoms with E-state index >= 15 is 0 Å². The van der Waals surface area contributed by atoms with Gasteiger partial charge in [-0.2, -0.15) is 0 Å². The van der Waals surface area contributed by atoms with Gasteiger partial charge in [0.1, 0.15) is 12.4 Å². The lowest BCUT2D eigenvalue weighted by Gasteiger charge is -2.40. The summed E-state index contributed by atoms with van der Waals surface area (Å²) in [6.45, 7) is 14.5. The lowest BCUT2D eigenvalue weighted by molar-refractivity contribution is -0.156. The average Bonchev–Trinajstić information content (AvgIpc) is 2.65. The molecule has 4 heteroatoms. The van der Waals surface area contributed by atoms with E-state index in [2.05, 4.69) is 0 Å². The van der Waals surface area contributed by atoms with Gasteiger partial charge >= 0.3 is 5.97 Å². The fourth-order valence-corrected chi connectivity index (χ4v) is 3.52. The molecule has 2 unspecified atom stereocenters. The summed E-state index contributed by atoms with van der Waals surface area (Å²) in [6.07, 6.45) is 1.60. The van der Waals surface area contributed by atoms with Gasteiger partial charge in [-0.15, -0.1) is 0 Å². The topological polar surface area (TPSA) is 52.6 Å². The molecule has 1 aliphatic rings. The summed E-state index contributed by atoms with van der Waals surface area (Å²) in [5.74, 6) is -0.189. The van der Waals surface area contributed by atoms with Crippen molar-refractivity contribution in [3.8, 4) is 0 Å². The Bertz CT molecular complexity index is 411. The van der Waals surface area contributed by atoms with Gasteiger partial charge in [0.2, 0.25) is 0 Å². The van der Waals surface area contributed by atoms with Crippen molar-refractivity contribution in [1.82, 2.24) is 0 Å².